The first-order valence-corrected chi connectivity index (χ1v) is 42.8. The van der Waals surface area contributed by atoms with Gasteiger partial charge in [-0.3, -0.25) is 38.4 Å². The van der Waals surface area contributed by atoms with Gasteiger partial charge in [0.15, 0.2) is 0 Å². The average molecular weight is 1790 g/mol. The number of nitrogen functional groups attached to an aromatic ring is 4. The van der Waals surface area contributed by atoms with E-state index in [0.29, 0.717) is 88.6 Å². The van der Waals surface area contributed by atoms with E-state index in [1.54, 1.807) is 56.5 Å². The molecule has 2 aliphatic rings. The zero-order valence-electron chi connectivity index (χ0n) is 73.2. The average Bonchev–Trinajstić information content (AvgIpc) is 1.65. The monoisotopic (exact) mass is 1790 g/mol. The number of nitrogens with two attached hydrogens (primary N) is 8. The molecule has 2 saturated carbocycles. The molecule has 2 fully saturated rings. The molecule has 688 valence electrons. The maximum absolute atomic E-state index is 13.2. The SMILES string of the molecule is C.C.Cc1ccccc1C(=O)NCc1ccc(-c2nn(-c3cccc(C(F)(F)F)c3)c(N)c2C(N)=O)cc1.Cc1ccccc1C(=O)NCc1ccc(-c2nn(C(C)C)c(N)c2C(N)=O)cc1.Cc1ccccc1C(=O)NCc1ccc(-c2nn(C3CCCCC3)c(N)c2C(N)=O)cc1.Cc1ccccc1C(=O)NCc1ccc(-c2nn(CC3CCCCC3)c(N)c2C(N)=O)cc1. The van der Waals surface area contributed by atoms with Crippen LogP contribution in [0.3, 0.4) is 0 Å². The second kappa shape index (κ2) is 44.5. The largest absolute Gasteiger partial charge is 0.416 e. The number of benzene rings is 9. The maximum Gasteiger partial charge on any atom is 0.416 e. The van der Waals surface area contributed by atoms with Crippen molar-refractivity contribution in [3.8, 4) is 50.7 Å². The summed E-state index contributed by atoms with van der Waals surface area (Å²) in [5.41, 5.74) is 61.1. The Morgan fingerprint density at radius 2 is 0.697 bits per heavy atom. The van der Waals surface area contributed by atoms with Gasteiger partial charge in [0.1, 0.15) is 68.3 Å². The Bertz CT molecular complexity index is 6280. The number of carbonyl (C=O) groups excluding carboxylic acids is 8. The van der Waals surface area contributed by atoms with Crippen LogP contribution in [0.4, 0.5) is 36.4 Å². The van der Waals surface area contributed by atoms with Crippen molar-refractivity contribution in [2.24, 2.45) is 28.9 Å². The van der Waals surface area contributed by atoms with E-state index < -0.39 is 35.4 Å². The van der Waals surface area contributed by atoms with Crippen molar-refractivity contribution in [3.05, 3.63) is 313 Å². The number of nitrogens with one attached hydrogen (secondary N) is 4. The van der Waals surface area contributed by atoms with Crippen molar-refractivity contribution in [3.63, 3.8) is 0 Å². The van der Waals surface area contributed by atoms with Gasteiger partial charge in [-0.1, -0.05) is 229 Å². The number of rotatable bonds is 25. The van der Waals surface area contributed by atoms with Crippen LogP contribution in [-0.2, 0) is 38.9 Å². The van der Waals surface area contributed by atoms with E-state index in [2.05, 4.69) is 36.6 Å². The van der Waals surface area contributed by atoms with Gasteiger partial charge >= 0.3 is 6.18 Å². The molecular weight excluding hydrogens is 1680 g/mol. The Balaban J connectivity index is 0.000000182. The van der Waals surface area contributed by atoms with E-state index in [4.69, 9.17) is 51.0 Å². The lowest BCUT2D eigenvalue weighted by molar-refractivity contribution is -0.137. The van der Waals surface area contributed by atoms with Crippen LogP contribution in [0, 0.1) is 33.6 Å². The first-order chi connectivity index (χ1) is 62.2. The summed E-state index contributed by atoms with van der Waals surface area (Å²) in [6.45, 7) is 13.6. The smallest absolute Gasteiger partial charge is 0.383 e. The summed E-state index contributed by atoms with van der Waals surface area (Å²) in [6, 6.07) is 63.7. The number of nitrogens with zero attached hydrogens (tertiary/aromatic N) is 8. The number of primary amides is 4. The molecule has 0 atom stereocenters. The van der Waals surface area contributed by atoms with Crippen molar-refractivity contribution < 1.29 is 51.5 Å². The van der Waals surface area contributed by atoms with Crippen LogP contribution in [0.1, 0.15) is 238 Å². The summed E-state index contributed by atoms with van der Waals surface area (Å²) in [5, 5.41) is 29.8. The van der Waals surface area contributed by atoms with Crippen LogP contribution in [-0.4, -0.2) is 86.4 Å². The molecule has 0 radical (unpaired) electrons. The second-order valence-electron chi connectivity index (χ2n) is 32.6. The zero-order chi connectivity index (χ0) is 93.2. The van der Waals surface area contributed by atoms with Crippen LogP contribution < -0.4 is 67.1 Å². The van der Waals surface area contributed by atoms with E-state index in [-0.39, 0.29) is 102 Å². The fourth-order valence-corrected chi connectivity index (χ4v) is 15.9. The third-order valence-electron chi connectivity index (χ3n) is 23.1. The van der Waals surface area contributed by atoms with E-state index in [1.807, 2.05) is 193 Å². The summed E-state index contributed by atoms with van der Waals surface area (Å²) in [6.07, 6.45) is 6.97. The molecule has 20 N–H and O–H groups in total. The van der Waals surface area contributed by atoms with Gasteiger partial charge in [0.05, 0.1) is 17.3 Å². The Hall–Kier alpha value is -15.4. The Kier molecular flexibility index (Phi) is 33.3. The van der Waals surface area contributed by atoms with Crippen LogP contribution in [0.25, 0.3) is 50.7 Å². The standard InChI is InChI=1S/C26H22F3N5O2.C26H31N5O2.C25H29N5O2.C22H25N5O2.2CH4/c1-15-5-2-3-8-20(15)25(36)32-14-16-9-11-17(12-10-16)22-21(24(31)35)23(30)34(33-22)19-7-4-6-18(13-19)26(27,28)29;1-17-7-5-6-10-21(17)26(33)29-15-18-11-13-20(14-12-18)23-22(25(28)32)24(27)31(30-23)16-19-8-3-2-4-9-19;1-16-7-5-6-10-20(16)25(32)28-15-17-11-13-18(14-12-17)22-21(24(27)31)23(26)30(29-22)19-8-3-2-4-9-19;1-13(2)27-20(23)18(21(24)28)19(26-27)16-10-8-15(9-11-16)12-25-22(29)17-7-5-4-6-14(17)3;;/h2-13H,14,30H2,1H3,(H2,31,35)(H,32,36);5-7,10-14,19H,2-4,8-9,15-16,27H2,1H3,(H2,28,32)(H,29,33);5-7,10-14,19H,2-4,8-9,15,26H2,1H3,(H2,27,31)(H,28,32);4-11,13H,12,23H2,1-3H3,(H2,24,28)(H,25,29);2*1H4. The van der Waals surface area contributed by atoms with E-state index >= 15 is 0 Å². The molecule has 2 aliphatic carbocycles. The molecule has 0 aliphatic heterocycles. The summed E-state index contributed by atoms with van der Waals surface area (Å²) in [4.78, 5) is 98.1. The Morgan fingerprint density at radius 1 is 0.379 bits per heavy atom. The van der Waals surface area contributed by atoms with Crippen LogP contribution in [0.15, 0.2) is 218 Å². The molecule has 0 saturated heterocycles. The summed E-state index contributed by atoms with van der Waals surface area (Å²) >= 11 is 0. The predicted molar refractivity (Wildman–Crippen MR) is 511 cm³/mol. The number of aromatic nitrogens is 8. The summed E-state index contributed by atoms with van der Waals surface area (Å²) in [5.74, 6) is -1.89. The molecule has 15 rings (SSSR count). The highest BCUT2D eigenvalue weighted by Gasteiger charge is 2.33. The highest BCUT2D eigenvalue weighted by molar-refractivity contribution is 6.06. The summed E-state index contributed by atoms with van der Waals surface area (Å²) in [7, 11) is 0. The lowest BCUT2D eigenvalue weighted by Gasteiger charge is -2.22. The highest BCUT2D eigenvalue weighted by atomic mass is 19.4. The van der Waals surface area contributed by atoms with Crippen molar-refractivity contribution in [2.75, 3.05) is 22.9 Å². The fourth-order valence-electron chi connectivity index (χ4n) is 15.9. The number of halogens is 3. The number of alkyl halides is 3. The predicted octanol–water partition coefficient (Wildman–Crippen LogP) is 16.8. The van der Waals surface area contributed by atoms with Gasteiger partial charge in [-0.05, 0) is 160 Å². The number of aryl methyl sites for hydroxylation is 4. The topological polar surface area (TPSA) is 464 Å². The molecule has 132 heavy (non-hydrogen) atoms. The molecule has 13 aromatic rings. The minimum Gasteiger partial charge on any atom is -0.383 e. The fraction of sp³-hybridized carbons (Fsp3) is 0.267. The third kappa shape index (κ3) is 23.9. The molecule has 28 nitrogen and oxygen atoms in total. The molecule has 8 amide bonds. The number of anilines is 4. The molecule has 0 unspecified atom stereocenters. The van der Waals surface area contributed by atoms with Crippen molar-refractivity contribution in [2.45, 2.75) is 172 Å². The normalized spacial score (nSPS) is 12.5. The summed E-state index contributed by atoms with van der Waals surface area (Å²) < 4.78 is 45.7. The zero-order valence-corrected chi connectivity index (χ0v) is 73.2. The van der Waals surface area contributed by atoms with Gasteiger partial charge in [-0.15, -0.1) is 0 Å². The van der Waals surface area contributed by atoms with Gasteiger partial charge in [0.2, 0.25) is 0 Å². The third-order valence-corrected chi connectivity index (χ3v) is 23.1. The lowest BCUT2D eigenvalue weighted by Crippen LogP contribution is -2.23. The van der Waals surface area contributed by atoms with Crippen LogP contribution >= 0.6 is 0 Å². The minimum absolute atomic E-state index is 0. The second-order valence-corrected chi connectivity index (χ2v) is 32.6. The van der Waals surface area contributed by atoms with E-state index in [9.17, 15) is 51.5 Å². The Labute approximate surface area is 765 Å². The molecular formula is C101H115F3N20O8. The van der Waals surface area contributed by atoms with Gasteiger partial charge in [-0.25, -0.2) is 18.7 Å². The quantitative estimate of drug-likeness (QED) is 0.0253. The van der Waals surface area contributed by atoms with Crippen molar-refractivity contribution >= 4 is 70.5 Å². The van der Waals surface area contributed by atoms with Crippen molar-refractivity contribution in [1.29, 1.82) is 0 Å². The number of hydrogen-bond donors (Lipinski definition) is 12. The molecule has 0 bridgehead atoms. The minimum atomic E-state index is -4.56. The Morgan fingerprint density at radius 3 is 1.05 bits per heavy atom. The molecule has 0 spiro atoms. The molecule has 31 heteroatoms. The van der Waals surface area contributed by atoms with Crippen LogP contribution in [0.2, 0.25) is 0 Å². The van der Waals surface area contributed by atoms with Gasteiger partial charge in [-0.2, -0.15) is 33.6 Å². The van der Waals surface area contributed by atoms with Crippen molar-refractivity contribution in [1.82, 2.24) is 60.4 Å². The number of amides is 8. The van der Waals surface area contributed by atoms with Gasteiger partial charge in [0, 0.05) is 83.3 Å². The van der Waals surface area contributed by atoms with Gasteiger partial charge in [0.25, 0.3) is 47.3 Å². The van der Waals surface area contributed by atoms with E-state index in [0.717, 1.165) is 117 Å². The van der Waals surface area contributed by atoms with Crippen LogP contribution in [0.5, 0.6) is 0 Å². The molecule has 9 aromatic carbocycles. The molecule has 4 heterocycles. The first-order valence-electron chi connectivity index (χ1n) is 42.8. The number of carbonyl (C=O) groups is 8. The maximum atomic E-state index is 13.2. The lowest BCUT2D eigenvalue weighted by atomic mass is 9.89. The first kappa shape index (κ1) is 98.7. The molecule has 4 aromatic heterocycles. The highest BCUT2D eigenvalue weighted by Crippen LogP contribution is 2.38. The van der Waals surface area contributed by atoms with Gasteiger partial charge < -0.3 is 67.1 Å². The number of hydrogen-bond acceptors (Lipinski definition) is 16. The van der Waals surface area contributed by atoms with E-state index in [1.165, 1.54) is 37.8 Å².